The Bertz CT molecular complexity index is 588. The summed E-state index contributed by atoms with van der Waals surface area (Å²) in [5, 5.41) is 9.31. The first-order valence-corrected chi connectivity index (χ1v) is 7.53. The summed E-state index contributed by atoms with van der Waals surface area (Å²) in [4.78, 5) is 25.5. The minimum Gasteiger partial charge on any atom is -0.482 e. The van der Waals surface area contributed by atoms with Crippen molar-refractivity contribution in [3.63, 3.8) is 0 Å². The number of carbonyl (C=O) groups is 2. The second-order valence-corrected chi connectivity index (χ2v) is 5.69. The number of piperidine rings is 1. The van der Waals surface area contributed by atoms with Crippen LogP contribution < -0.4 is 9.47 Å². The zero-order valence-corrected chi connectivity index (χ0v) is 12.4. The largest absolute Gasteiger partial charge is 0.482 e. The lowest BCUT2D eigenvalue weighted by Gasteiger charge is -2.38. The van der Waals surface area contributed by atoms with Crippen LogP contribution in [-0.4, -0.2) is 46.7 Å². The third kappa shape index (κ3) is 2.61. The number of amides is 1. The summed E-state index contributed by atoms with van der Waals surface area (Å²) in [5.74, 6) is -0.151. The molecular weight excluding hydrogens is 286 g/mol. The molecule has 2 aliphatic heterocycles. The molecule has 1 aromatic carbocycles. The van der Waals surface area contributed by atoms with E-state index in [1.165, 1.54) is 4.90 Å². The fourth-order valence-corrected chi connectivity index (χ4v) is 3.01. The van der Waals surface area contributed by atoms with Gasteiger partial charge in [-0.3, -0.25) is 4.79 Å². The third-order valence-electron chi connectivity index (χ3n) is 4.16. The predicted molar refractivity (Wildman–Crippen MR) is 77.9 cm³/mol. The van der Waals surface area contributed by atoms with Crippen molar-refractivity contribution in [2.75, 3.05) is 6.54 Å². The Hall–Kier alpha value is -2.24. The Kier molecular flexibility index (Phi) is 3.92. The molecule has 2 unspecified atom stereocenters. The molecule has 0 aliphatic carbocycles. The monoisotopic (exact) mass is 305 g/mol. The van der Waals surface area contributed by atoms with Gasteiger partial charge in [-0.05, 0) is 38.3 Å². The molecule has 2 heterocycles. The van der Waals surface area contributed by atoms with Crippen molar-refractivity contribution in [3.8, 4) is 11.5 Å². The summed E-state index contributed by atoms with van der Waals surface area (Å²) < 4.78 is 11.5. The van der Waals surface area contributed by atoms with Gasteiger partial charge in [0.2, 0.25) is 6.10 Å². The van der Waals surface area contributed by atoms with E-state index in [0.717, 1.165) is 12.8 Å². The fourth-order valence-electron chi connectivity index (χ4n) is 3.01. The SMILES string of the molecule is CC1Oc2ccccc2OC1C(=O)N1CCCC[C@@H]1C(=O)O. The highest BCUT2D eigenvalue weighted by atomic mass is 16.6. The van der Waals surface area contributed by atoms with Crippen molar-refractivity contribution in [3.05, 3.63) is 24.3 Å². The fraction of sp³-hybridized carbons (Fsp3) is 0.500. The van der Waals surface area contributed by atoms with Gasteiger partial charge in [-0.25, -0.2) is 4.79 Å². The molecule has 0 saturated carbocycles. The average Bonchev–Trinajstić information content (AvgIpc) is 2.53. The van der Waals surface area contributed by atoms with Gasteiger partial charge in [-0.1, -0.05) is 12.1 Å². The number of aliphatic carboxylic acids is 1. The number of para-hydroxylation sites is 2. The number of fused-ring (bicyclic) bond motifs is 1. The van der Waals surface area contributed by atoms with E-state index in [4.69, 9.17) is 9.47 Å². The molecule has 1 saturated heterocycles. The first-order chi connectivity index (χ1) is 10.6. The lowest BCUT2D eigenvalue weighted by atomic mass is 10.0. The quantitative estimate of drug-likeness (QED) is 0.899. The Balaban J connectivity index is 1.81. The van der Waals surface area contributed by atoms with Crippen molar-refractivity contribution >= 4 is 11.9 Å². The highest BCUT2D eigenvalue weighted by Crippen LogP contribution is 2.34. The molecule has 1 fully saturated rings. The smallest absolute Gasteiger partial charge is 0.326 e. The van der Waals surface area contributed by atoms with E-state index in [1.54, 1.807) is 25.1 Å². The molecule has 0 aromatic heterocycles. The molecule has 22 heavy (non-hydrogen) atoms. The van der Waals surface area contributed by atoms with E-state index in [2.05, 4.69) is 0 Å². The zero-order valence-electron chi connectivity index (χ0n) is 12.4. The van der Waals surface area contributed by atoms with Gasteiger partial charge in [0.1, 0.15) is 12.1 Å². The molecule has 2 aliphatic rings. The maximum absolute atomic E-state index is 12.7. The van der Waals surface area contributed by atoms with Gasteiger partial charge >= 0.3 is 5.97 Å². The van der Waals surface area contributed by atoms with E-state index in [-0.39, 0.29) is 5.91 Å². The van der Waals surface area contributed by atoms with Crippen LogP contribution in [0.2, 0.25) is 0 Å². The van der Waals surface area contributed by atoms with Gasteiger partial charge in [-0.15, -0.1) is 0 Å². The Morgan fingerprint density at radius 1 is 1.18 bits per heavy atom. The Labute approximate surface area is 128 Å². The summed E-state index contributed by atoms with van der Waals surface area (Å²) in [6.45, 7) is 2.21. The van der Waals surface area contributed by atoms with Gasteiger partial charge in [0.25, 0.3) is 5.91 Å². The van der Waals surface area contributed by atoms with Crippen LogP contribution in [0.25, 0.3) is 0 Å². The molecule has 0 bridgehead atoms. The topological polar surface area (TPSA) is 76.1 Å². The standard InChI is InChI=1S/C16H19NO5/c1-10-14(22-13-8-3-2-7-12(13)21-10)15(18)17-9-5-4-6-11(17)16(19)20/h2-3,7-8,10-11,14H,4-6,9H2,1H3,(H,19,20)/t10?,11-,14?/m1/s1. The van der Waals surface area contributed by atoms with Crippen molar-refractivity contribution < 1.29 is 24.2 Å². The third-order valence-corrected chi connectivity index (χ3v) is 4.16. The average molecular weight is 305 g/mol. The molecular formula is C16H19NO5. The summed E-state index contributed by atoms with van der Waals surface area (Å²) in [6, 6.07) is 6.40. The van der Waals surface area contributed by atoms with Crippen LogP contribution in [0.5, 0.6) is 11.5 Å². The van der Waals surface area contributed by atoms with Gasteiger partial charge in [0.05, 0.1) is 0 Å². The highest BCUT2D eigenvalue weighted by Gasteiger charge is 2.41. The first-order valence-electron chi connectivity index (χ1n) is 7.53. The molecule has 118 valence electrons. The number of benzene rings is 1. The van der Waals surface area contributed by atoms with Gasteiger partial charge in [-0.2, -0.15) is 0 Å². The van der Waals surface area contributed by atoms with Crippen LogP contribution in [0.15, 0.2) is 24.3 Å². The molecule has 3 atom stereocenters. The number of nitrogens with zero attached hydrogens (tertiary/aromatic N) is 1. The summed E-state index contributed by atoms with van der Waals surface area (Å²) in [7, 11) is 0. The maximum Gasteiger partial charge on any atom is 0.326 e. The van der Waals surface area contributed by atoms with Crippen molar-refractivity contribution in [1.29, 1.82) is 0 Å². The number of hydrogen-bond acceptors (Lipinski definition) is 4. The normalized spacial score (nSPS) is 27.3. The van der Waals surface area contributed by atoms with Gasteiger partial charge in [0, 0.05) is 6.54 Å². The summed E-state index contributed by atoms with van der Waals surface area (Å²) >= 11 is 0. The molecule has 1 aromatic rings. The Morgan fingerprint density at radius 3 is 2.55 bits per heavy atom. The molecule has 0 spiro atoms. The second kappa shape index (κ2) is 5.87. The van der Waals surface area contributed by atoms with Crippen LogP contribution >= 0.6 is 0 Å². The lowest BCUT2D eigenvalue weighted by Crippen LogP contribution is -2.56. The van der Waals surface area contributed by atoms with Crippen LogP contribution in [0, 0.1) is 0 Å². The van der Waals surface area contributed by atoms with Crippen LogP contribution in [-0.2, 0) is 9.59 Å². The molecule has 6 heteroatoms. The van der Waals surface area contributed by atoms with Crippen LogP contribution in [0.4, 0.5) is 0 Å². The second-order valence-electron chi connectivity index (χ2n) is 5.69. The minimum atomic E-state index is -0.960. The molecule has 0 radical (unpaired) electrons. The van der Waals surface area contributed by atoms with Gasteiger partial charge in [0.15, 0.2) is 11.5 Å². The van der Waals surface area contributed by atoms with E-state index in [1.807, 2.05) is 6.07 Å². The van der Waals surface area contributed by atoms with Crippen molar-refractivity contribution in [1.82, 2.24) is 4.90 Å². The van der Waals surface area contributed by atoms with Crippen LogP contribution in [0.3, 0.4) is 0 Å². The van der Waals surface area contributed by atoms with Crippen molar-refractivity contribution in [2.45, 2.75) is 44.4 Å². The first kappa shape index (κ1) is 14.7. The zero-order chi connectivity index (χ0) is 15.7. The number of carbonyl (C=O) groups excluding carboxylic acids is 1. The number of carboxylic acid groups (broad SMARTS) is 1. The van der Waals surface area contributed by atoms with Crippen LogP contribution in [0.1, 0.15) is 26.2 Å². The van der Waals surface area contributed by atoms with Gasteiger partial charge < -0.3 is 19.5 Å². The minimum absolute atomic E-state index is 0.311. The van der Waals surface area contributed by atoms with E-state index >= 15 is 0 Å². The molecule has 1 amide bonds. The van der Waals surface area contributed by atoms with E-state index in [9.17, 15) is 14.7 Å². The predicted octanol–water partition coefficient (Wildman–Crippen LogP) is 1.68. The number of rotatable bonds is 2. The lowest BCUT2D eigenvalue weighted by molar-refractivity contribution is -0.158. The highest BCUT2D eigenvalue weighted by molar-refractivity contribution is 5.87. The molecule has 3 rings (SSSR count). The maximum atomic E-state index is 12.7. The number of carboxylic acids is 1. The van der Waals surface area contributed by atoms with E-state index < -0.39 is 24.2 Å². The molecule has 1 N–H and O–H groups in total. The molecule has 6 nitrogen and oxygen atoms in total. The van der Waals surface area contributed by atoms with E-state index in [0.29, 0.717) is 24.5 Å². The Morgan fingerprint density at radius 2 is 1.86 bits per heavy atom. The number of ether oxygens (including phenoxy) is 2. The summed E-state index contributed by atoms with van der Waals surface area (Å²) in [5.41, 5.74) is 0. The number of likely N-dealkylation sites (tertiary alicyclic amines) is 1. The van der Waals surface area contributed by atoms with Crippen molar-refractivity contribution in [2.24, 2.45) is 0 Å². The summed E-state index contributed by atoms with van der Waals surface area (Å²) in [6.07, 6.45) is 0.850. The number of hydrogen-bond donors (Lipinski definition) is 1.